The molecule has 0 saturated heterocycles. The van der Waals surface area contributed by atoms with Crippen LogP contribution in [-0.2, 0) is 4.79 Å². The number of hydrogen-bond donors (Lipinski definition) is 0. The van der Waals surface area contributed by atoms with Crippen molar-refractivity contribution < 1.29 is 19.0 Å². The third-order valence-electron chi connectivity index (χ3n) is 3.29. The summed E-state index contributed by atoms with van der Waals surface area (Å²) in [5.74, 6) is 0.951. The fourth-order valence-electron chi connectivity index (χ4n) is 2.02. The van der Waals surface area contributed by atoms with E-state index >= 15 is 0 Å². The van der Waals surface area contributed by atoms with Gasteiger partial charge < -0.3 is 14.2 Å². The highest BCUT2D eigenvalue weighted by Crippen LogP contribution is 2.37. The Balaban J connectivity index is 2.95. The molecule has 5 nitrogen and oxygen atoms in total. The van der Waals surface area contributed by atoms with Crippen molar-refractivity contribution in [1.29, 1.82) is 0 Å². The molecule has 112 valence electrons. The standard InChI is InChI=1S/C15H23NO4/c1-6-16(7-2)11(3)15(17)20-14-12(18-4)9-8-10-13(14)19-5/h8-11H,6-7H2,1-5H3. The topological polar surface area (TPSA) is 48.0 Å². The highest BCUT2D eigenvalue weighted by molar-refractivity contribution is 5.79. The third kappa shape index (κ3) is 3.63. The van der Waals surface area contributed by atoms with Gasteiger partial charge in [0.25, 0.3) is 0 Å². The van der Waals surface area contributed by atoms with Crippen LogP contribution in [0.2, 0.25) is 0 Å². The average molecular weight is 281 g/mol. The molecule has 0 fully saturated rings. The van der Waals surface area contributed by atoms with Gasteiger partial charge in [-0.25, -0.2) is 4.79 Å². The zero-order chi connectivity index (χ0) is 15.1. The first-order valence-electron chi connectivity index (χ1n) is 6.75. The Kier molecular flexibility index (Phi) is 6.31. The van der Waals surface area contributed by atoms with Gasteiger partial charge in [-0.1, -0.05) is 19.9 Å². The molecule has 1 atom stereocenters. The fraction of sp³-hybridized carbons (Fsp3) is 0.533. The van der Waals surface area contributed by atoms with Gasteiger partial charge in [-0.3, -0.25) is 4.90 Å². The summed E-state index contributed by atoms with van der Waals surface area (Å²) in [6, 6.07) is 4.92. The van der Waals surface area contributed by atoms with Crippen molar-refractivity contribution in [1.82, 2.24) is 4.90 Å². The van der Waals surface area contributed by atoms with Crippen molar-refractivity contribution in [2.75, 3.05) is 27.3 Å². The second-order valence-electron chi connectivity index (χ2n) is 4.31. The number of benzene rings is 1. The summed E-state index contributed by atoms with van der Waals surface area (Å²) in [7, 11) is 3.06. The zero-order valence-corrected chi connectivity index (χ0v) is 12.8. The largest absolute Gasteiger partial charge is 0.493 e. The number of carbonyl (C=O) groups is 1. The number of carbonyl (C=O) groups excluding carboxylic acids is 1. The lowest BCUT2D eigenvalue weighted by atomic mass is 10.2. The fourth-order valence-corrected chi connectivity index (χ4v) is 2.02. The van der Waals surface area contributed by atoms with E-state index in [1.54, 1.807) is 18.2 Å². The second kappa shape index (κ2) is 7.75. The lowest BCUT2D eigenvalue weighted by molar-refractivity contribution is -0.139. The van der Waals surface area contributed by atoms with Crippen LogP contribution < -0.4 is 14.2 Å². The van der Waals surface area contributed by atoms with Gasteiger partial charge in [0.15, 0.2) is 11.5 Å². The maximum atomic E-state index is 12.2. The van der Waals surface area contributed by atoms with Crippen LogP contribution in [0, 0.1) is 0 Å². The monoisotopic (exact) mass is 281 g/mol. The maximum absolute atomic E-state index is 12.2. The zero-order valence-electron chi connectivity index (χ0n) is 12.8. The first-order chi connectivity index (χ1) is 9.58. The Morgan fingerprint density at radius 1 is 1.15 bits per heavy atom. The summed E-state index contributed by atoms with van der Waals surface area (Å²) < 4.78 is 15.9. The second-order valence-corrected chi connectivity index (χ2v) is 4.31. The van der Waals surface area contributed by atoms with Crippen molar-refractivity contribution >= 4 is 5.97 Å². The van der Waals surface area contributed by atoms with Crippen LogP contribution >= 0.6 is 0 Å². The highest BCUT2D eigenvalue weighted by Gasteiger charge is 2.23. The van der Waals surface area contributed by atoms with Gasteiger partial charge in [0.1, 0.15) is 6.04 Å². The van der Waals surface area contributed by atoms with Gasteiger partial charge >= 0.3 is 5.97 Å². The number of esters is 1. The molecule has 0 amide bonds. The molecular formula is C15H23NO4. The molecule has 1 aromatic carbocycles. The van der Waals surface area contributed by atoms with Crippen molar-refractivity contribution in [2.24, 2.45) is 0 Å². The Labute approximate surface area is 120 Å². The molecule has 0 radical (unpaired) electrons. The van der Waals surface area contributed by atoms with Crippen LogP contribution in [0.3, 0.4) is 0 Å². The molecule has 0 bridgehead atoms. The molecule has 0 aliphatic carbocycles. The summed E-state index contributed by atoms with van der Waals surface area (Å²) in [5, 5.41) is 0. The first kappa shape index (κ1) is 16.3. The van der Waals surface area contributed by atoms with E-state index < -0.39 is 0 Å². The lowest BCUT2D eigenvalue weighted by Crippen LogP contribution is -2.41. The van der Waals surface area contributed by atoms with Crippen LogP contribution in [0.1, 0.15) is 20.8 Å². The van der Waals surface area contributed by atoms with E-state index in [0.717, 1.165) is 13.1 Å². The first-order valence-corrected chi connectivity index (χ1v) is 6.75. The van der Waals surface area contributed by atoms with Gasteiger partial charge in [0.05, 0.1) is 14.2 Å². The van der Waals surface area contributed by atoms with E-state index in [0.29, 0.717) is 17.2 Å². The molecule has 1 unspecified atom stereocenters. The number of para-hydroxylation sites is 1. The predicted octanol–water partition coefficient (Wildman–Crippen LogP) is 2.34. The number of nitrogens with zero attached hydrogens (tertiary/aromatic N) is 1. The normalized spacial score (nSPS) is 12.1. The summed E-state index contributed by atoms with van der Waals surface area (Å²) >= 11 is 0. The highest BCUT2D eigenvalue weighted by atomic mass is 16.6. The summed E-state index contributed by atoms with van der Waals surface area (Å²) in [6.07, 6.45) is 0. The molecule has 0 aliphatic heterocycles. The van der Waals surface area contributed by atoms with E-state index in [2.05, 4.69) is 0 Å². The predicted molar refractivity (Wildman–Crippen MR) is 77.6 cm³/mol. The summed E-state index contributed by atoms with van der Waals surface area (Å²) in [6.45, 7) is 7.43. The van der Waals surface area contributed by atoms with E-state index in [1.807, 2.05) is 25.7 Å². The summed E-state index contributed by atoms with van der Waals surface area (Å²) in [4.78, 5) is 14.3. The molecule has 0 saturated carbocycles. The van der Waals surface area contributed by atoms with Gasteiger partial charge in [-0.15, -0.1) is 0 Å². The van der Waals surface area contributed by atoms with Crippen LogP contribution in [-0.4, -0.2) is 44.2 Å². The van der Waals surface area contributed by atoms with Gasteiger partial charge in [-0.2, -0.15) is 0 Å². The number of ether oxygens (including phenoxy) is 3. The smallest absolute Gasteiger partial charge is 0.328 e. The third-order valence-corrected chi connectivity index (χ3v) is 3.29. The van der Waals surface area contributed by atoms with Crippen molar-refractivity contribution in [3.05, 3.63) is 18.2 Å². The molecule has 0 spiro atoms. The minimum Gasteiger partial charge on any atom is -0.493 e. The van der Waals surface area contributed by atoms with E-state index in [9.17, 15) is 4.79 Å². The molecule has 1 rings (SSSR count). The Morgan fingerprint density at radius 3 is 2.05 bits per heavy atom. The number of hydrogen-bond acceptors (Lipinski definition) is 5. The van der Waals surface area contributed by atoms with Gasteiger partial charge in [0.2, 0.25) is 5.75 Å². The lowest BCUT2D eigenvalue weighted by Gasteiger charge is -2.25. The minimum atomic E-state index is -0.323. The van der Waals surface area contributed by atoms with Gasteiger partial charge in [-0.05, 0) is 32.1 Å². The number of likely N-dealkylation sites (N-methyl/N-ethyl adjacent to an activating group) is 1. The molecule has 0 N–H and O–H groups in total. The molecule has 20 heavy (non-hydrogen) atoms. The van der Waals surface area contributed by atoms with Crippen LogP contribution in [0.5, 0.6) is 17.2 Å². The molecule has 0 aliphatic rings. The molecule has 5 heteroatoms. The van der Waals surface area contributed by atoms with Crippen molar-refractivity contribution in [3.8, 4) is 17.2 Å². The quantitative estimate of drug-likeness (QED) is 0.567. The number of rotatable bonds is 7. The maximum Gasteiger partial charge on any atom is 0.328 e. The Hall–Kier alpha value is -1.75. The van der Waals surface area contributed by atoms with E-state index in [-0.39, 0.29) is 12.0 Å². The van der Waals surface area contributed by atoms with Crippen LogP contribution in [0.4, 0.5) is 0 Å². The van der Waals surface area contributed by atoms with Gasteiger partial charge in [0, 0.05) is 0 Å². The van der Waals surface area contributed by atoms with Crippen LogP contribution in [0.25, 0.3) is 0 Å². The van der Waals surface area contributed by atoms with E-state index in [1.165, 1.54) is 14.2 Å². The Morgan fingerprint density at radius 2 is 1.65 bits per heavy atom. The molecule has 1 aromatic rings. The van der Waals surface area contributed by atoms with Crippen LogP contribution in [0.15, 0.2) is 18.2 Å². The molecule has 0 heterocycles. The van der Waals surface area contributed by atoms with Crippen molar-refractivity contribution in [2.45, 2.75) is 26.8 Å². The minimum absolute atomic E-state index is 0.320. The molecular weight excluding hydrogens is 258 g/mol. The SMILES string of the molecule is CCN(CC)C(C)C(=O)Oc1c(OC)cccc1OC. The van der Waals surface area contributed by atoms with Crippen molar-refractivity contribution in [3.63, 3.8) is 0 Å². The number of methoxy groups -OCH3 is 2. The Bertz CT molecular complexity index is 421. The summed E-state index contributed by atoms with van der Waals surface area (Å²) in [5.41, 5.74) is 0. The molecule has 0 aromatic heterocycles. The average Bonchev–Trinajstić information content (AvgIpc) is 2.48. The van der Waals surface area contributed by atoms with E-state index in [4.69, 9.17) is 14.2 Å².